The number of para-hydroxylation sites is 2. The molecule has 0 aliphatic carbocycles. The van der Waals surface area contributed by atoms with E-state index in [0.717, 1.165) is 0 Å². The van der Waals surface area contributed by atoms with Crippen molar-refractivity contribution >= 4 is 35.0 Å². The van der Waals surface area contributed by atoms with Crippen LogP contribution in [-0.2, 0) is 0 Å². The number of benzene rings is 2. The molecule has 92 valence electrons. The molecule has 0 saturated carbocycles. The first-order valence-corrected chi connectivity index (χ1v) is 5.90. The zero-order valence-corrected chi connectivity index (χ0v) is 10.7. The highest BCUT2D eigenvalue weighted by molar-refractivity contribution is 6.39. The highest BCUT2D eigenvalue weighted by Gasteiger charge is 2.10. The number of anilines is 1. The number of ether oxygens (including phenoxy) is 1. The molecular weight excluding hydrogens is 273 g/mol. The highest BCUT2D eigenvalue weighted by Crippen LogP contribution is 2.29. The highest BCUT2D eigenvalue weighted by atomic mass is 35.5. The van der Waals surface area contributed by atoms with Crippen LogP contribution < -0.4 is 10.1 Å². The summed E-state index contributed by atoms with van der Waals surface area (Å²) < 4.78 is 5.06. The lowest BCUT2D eigenvalue weighted by molar-refractivity contribution is 0.215. The van der Waals surface area contributed by atoms with E-state index in [1.165, 1.54) is 0 Å². The molecule has 0 aromatic heterocycles. The number of nitrogens with one attached hydrogen (secondary N) is 1. The molecule has 2 aromatic rings. The summed E-state index contributed by atoms with van der Waals surface area (Å²) in [5, 5.41) is 3.21. The fourth-order valence-corrected chi connectivity index (χ4v) is 1.83. The number of halogens is 2. The minimum atomic E-state index is -0.642. The van der Waals surface area contributed by atoms with Crippen molar-refractivity contribution in [1.29, 1.82) is 0 Å². The van der Waals surface area contributed by atoms with Gasteiger partial charge in [0, 0.05) is 0 Å². The second kappa shape index (κ2) is 5.76. The predicted octanol–water partition coefficient (Wildman–Crippen LogP) is 4.60. The third-order valence-corrected chi connectivity index (χ3v) is 2.77. The van der Waals surface area contributed by atoms with E-state index in [0.29, 0.717) is 21.5 Å². The summed E-state index contributed by atoms with van der Waals surface area (Å²) in [7, 11) is 0. The molecule has 0 heterocycles. The van der Waals surface area contributed by atoms with E-state index >= 15 is 0 Å². The fourth-order valence-electron chi connectivity index (χ4n) is 1.34. The minimum Gasteiger partial charge on any atom is -0.410 e. The van der Waals surface area contributed by atoms with Crippen molar-refractivity contribution < 1.29 is 9.53 Å². The van der Waals surface area contributed by atoms with Crippen molar-refractivity contribution in [1.82, 2.24) is 0 Å². The van der Waals surface area contributed by atoms with Gasteiger partial charge in [-0.2, -0.15) is 0 Å². The van der Waals surface area contributed by atoms with Crippen molar-refractivity contribution in [2.24, 2.45) is 0 Å². The average molecular weight is 282 g/mol. The number of carbonyl (C=O) groups is 1. The molecule has 0 atom stereocenters. The van der Waals surface area contributed by atoms with Gasteiger partial charge in [0.2, 0.25) is 0 Å². The first kappa shape index (κ1) is 12.7. The van der Waals surface area contributed by atoms with Gasteiger partial charge in [-0.15, -0.1) is 0 Å². The molecule has 2 aromatic carbocycles. The van der Waals surface area contributed by atoms with Crippen molar-refractivity contribution in [3.63, 3.8) is 0 Å². The van der Waals surface area contributed by atoms with Crippen molar-refractivity contribution in [3.05, 3.63) is 58.6 Å². The SMILES string of the molecule is O=C(Nc1c(Cl)cccc1Cl)Oc1ccccc1. The maximum absolute atomic E-state index is 11.6. The molecule has 0 fully saturated rings. The van der Waals surface area contributed by atoms with Crippen LogP contribution in [0.1, 0.15) is 0 Å². The van der Waals surface area contributed by atoms with Crippen LogP contribution in [0, 0.1) is 0 Å². The molecule has 0 saturated heterocycles. The Hall–Kier alpha value is -1.71. The third kappa shape index (κ3) is 3.15. The summed E-state index contributed by atoms with van der Waals surface area (Å²) >= 11 is 11.8. The molecular formula is C13H9Cl2NO2. The summed E-state index contributed by atoms with van der Waals surface area (Å²) in [6, 6.07) is 13.7. The third-order valence-electron chi connectivity index (χ3n) is 2.14. The Morgan fingerprint density at radius 1 is 0.944 bits per heavy atom. The molecule has 3 nitrogen and oxygen atoms in total. The molecule has 0 spiro atoms. The minimum absolute atomic E-state index is 0.335. The Labute approximate surface area is 114 Å². The normalized spacial score (nSPS) is 9.89. The Morgan fingerprint density at radius 2 is 1.56 bits per heavy atom. The van der Waals surface area contributed by atoms with Crippen LogP contribution in [0.25, 0.3) is 0 Å². The first-order chi connectivity index (χ1) is 8.66. The van der Waals surface area contributed by atoms with Gasteiger partial charge in [-0.05, 0) is 24.3 Å². The summed E-state index contributed by atoms with van der Waals surface area (Å²) in [4.78, 5) is 11.6. The van der Waals surface area contributed by atoms with Crippen molar-refractivity contribution in [2.45, 2.75) is 0 Å². The number of rotatable bonds is 2. The van der Waals surface area contributed by atoms with Crippen LogP contribution in [0.5, 0.6) is 5.75 Å². The summed E-state index contributed by atoms with van der Waals surface area (Å²) in [6.45, 7) is 0. The molecule has 0 aliphatic rings. The Balaban J connectivity index is 2.08. The van der Waals surface area contributed by atoms with Crippen LogP contribution in [0.2, 0.25) is 10.0 Å². The lowest BCUT2D eigenvalue weighted by atomic mass is 10.3. The number of hydrogen-bond acceptors (Lipinski definition) is 2. The Kier molecular flexibility index (Phi) is 4.07. The van der Waals surface area contributed by atoms with E-state index in [4.69, 9.17) is 27.9 Å². The van der Waals surface area contributed by atoms with E-state index in [9.17, 15) is 4.79 Å². The van der Waals surface area contributed by atoms with Gasteiger partial charge in [-0.1, -0.05) is 47.5 Å². The summed E-state index contributed by atoms with van der Waals surface area (Å²) in [5.41, 5.74) is 0.335. The maximum Gasteiger partial charge on any atom is 0.417 e. The van der Waals surface area contributed by atoms with Crippen LogP contribution >= 0.6 is 23.2 Å². The first-order valence-electron chi connectivity index (χ1n) is 5.15. The van der Waals surface area contributed by atoms with Gasteiger partial charge in [-0.25, -0.2) is 4.79 Å². The van der Waals surface area contributed by atoms with Crippen LogP contribution in [0.4, 0.5) is 10.5 Å². The van der Waals surface area contributed by atoms with Gasteiger partial charge in [-0.3, -0.25) is 5.32 Å². The maximum atomic E-state index is 11.6. The number of amides is 1. The van der Waals surface area contributed by atoms with Crippen molar-refractivity contribution in [3.8, 4) is 5.75 Å². The topological polar surface area (TPSA) is 38.3 Å². The lowest BCUT2D eigenvalue weighted by Crippen LogP contribution is -2.17. The van der Waals surface area contributed by atoms with Gasteiger partial charge in [0.25, 0.3) is 0 Å². The largest absolute Gasteiger partial charge is 0.417 e. The van der Waals surface area contributed by atoms with E-state index in [-0.39, 0.29) is 0 Å². The molecule has 2 rings (SSSR count). The van der Waals surface area contributed by atoms with E-state index in [2.05, 4.69) is 5.32 Å². The van der Waals surface area contributed by atoms with Gasteiger partial charge in [0.05, 0.1) is 15.7 Å². The zero-order chi connectivity index (χ0) is 13.0. The molecule has 18 heavy (non-hydrogen) atoms. The van der Waals surface area contributed by atoms with Gasteiger partial charge < -0.3 is 4.74 Å². The second-order valence-electron chi connectivity index (χ2n) is 3.42. The quantitative estimate of drug-likeness (QED) is 0.873. The van der Waals surface area contributed by atoms with Gasteiger partial charge in [0.1, 0.15) is 5.75 Å². The predicted molar refractivity (Wildman–Crippen MR) is 72.6 cm³/mol. The zero-order valence-electron chi connectivity index (χ0n) is 9.19. The van der Waals surface area contributed by atoms with E-state index in [1.54, 1.807) is 42.5 Å². The molecule has 1 N–H and O–H groups in total. The molecule has 0 aliphatic heterocycles. The Bertz CT molecular complexity index is 538. The van der Waals surface area contributed by atoms with Crippen molar-refractivity contribution in [2.75, 3.05) is 5.32 Å². The van der Waals surface area contributed by atoms with Gasteiger partial charge >= 0.3 is 6.09 Å². The van der Waals surface area contributed by atoms with Crippen LogP contribution in [0.3, 0.4) is 0 Å². The smallest absolute Gasteiger partial charge is 0.410 e. The summed E-state index contributed by atoms with van der Waals surface area (Å²) in [6.07, 6.45) is -0.642. The molecule has 0 radical (unpaired) electrons. The molecule has 1 amide bonds. The van der Waals surface area contributed by atoms with Crippen LogP contribution in [-0.4, -0.2) is 6.09 Å². The van der Waals surface area contributed by atoms with Crippen LogP contribution in [0.15, 0.2) is 48.5 Å². The molecule has 0 unspecified atom stereocenters. The van der Waals surface area contributed by atoms with Gasteiger partial charge in [0.15, 0.2) is 0 Å². The van der Waals surface area contributed by atoms with E-state index in [1.807, 2.05) is 6.07 Å². The number of carbonyl (C=O) groups excluding carboxylic acids is 1. The molecule has 5 heteroatoms. The second-order valence-corrected chi connectivity index (χ2v) is 4.24. The van der Waals surface area contributed by atoms with E-state index < -0.39 is 6.09 Å². The monoisotopic (exact) mass is 281 g/mol. The average Bonchev–Trinajstić information content (AvgIpc) is 2.35. The fraction of sp³-hybridized carbons (Fsp3) is 0. The number of hydrogen-bond donors (Lipinski definition) is 1. The lowest BCUT2D eigenvalue weighted by Gasteiger charge is -2.09. The summed E-state index contributed by atoms with van der Waals surface area (Å²) in [5.74, 6) is 0.443. The standard InChI is InChI=1S/C13H9Cl2NO2/c14-10-7-4-8-11(15)12(10)16-13(17)18-9-5-2-1-3-6-9/h1-8H,(H,16,17). The molecule has 0 bridgehead atoms. The Morgan fingerprint density at radius 3 is 2.17 bits per heavy atom.